The normalized spacial score (nSPS) is 12.0. The van der Waals surface area contributed by atoms with E-state index in [9.17, 15) is 9.18 Å². The number of nitrogens with zero attached hydrogens (tertiary/aromatic N) is 2. The Morgan fingerprint density at radius 3 is 2.52 bits per heavy atom. The molecule has 1 aliphatic rings. The summed E-state index contributed by atoms with van der Waals surface area (Å²) in [7, 11) is 0. The molecule has 1 aliphatic heterocycles. The molecule has 33 heavy (non-hydrogen) atoms. The van der Waals surface area contributed by atoms with Crippen molar-refractivity contribution in [2.75, 3.05) is 6.79 Å². The van der Waals surface area contributed by atoms with Gasteiger partial charge in [-0.1, -0.05) is 42.5 Å². The van der Waals surface area contributed by atoms with Crippen LogP contribution in [-0.2, 0) is 19.6 Å². The van der Waals surface area contributed by atoms with Crippen molar-refractivity contribution in [1.82, 2.24) is 9.47 Å². The molecule has 3 aromatic carbocycles. The third kappa shape index (κ3) is 4.75. The molecule has 2 heterocycles. The van der Waals surface area contributed by atoms with E-state index in [4.69, 9.17) is 9.47 Å². The average Bonchev–Trinajstić information content (AvgIpc) is 3.48. The highest BCUT2D eigenvalue weighted by molar-refractivity contribution is 5.95. The minimum Gasteiger partial charge on any atom is -0.454 e. The van der Waals surface area contributed by atoms with E-state index in [1.165, 1.54) is 12.1 Å². The molecule has 0 saturated heterocycles. The summed E-state index contributed by atoms with van der Waals surface area (Å²) in [5.74, 6) is 0.862. The number of ether oxygens (including phenoxy) is 2. The summed E-state index contributed by atoms with van der Waals surface area (Å²) in [6, 6.07) is 25.7. The highest BCUT2D eigenvalue weighted by Gasteiger charge is 2.22. The predicted octanol–water partition coefficient (Wildman–Crippen LogP) is 5.25. The fourth-order valence-corrected chi connectivity index (χ4v) is 3.99. The van der Waals surface area contributed by atoms with Crippen molar-refractivity contribution in [2.45, 2.75) is 19.6 Å². The molecule has 0 bridgehead atoms. The smallest absolute Gasteiger partial charge is 0.254 e. The number of benzene rings is 3. The molecule has 4 aromatic rings. The number of aromatic nitrogens is 1. The van der Waals surface area contributed by atoms with Crippen molar-refractivity contribution in [3.63, 3.8) is 0 Å². The standard InChI is InChI=1S/C27H23FN2O3/c28-23-9-4-8-21(14-23)17-29-13-5-10-24(29)18-30(16-20-6-2-1-3-7-20)27(31)22-11-12-25-26(15-22)33-19-32-25/h1-15H,16-19H2. The van der Waals surface area contributed by atoms with E-state index in [1.54, 1.807) is 24.3 Å². The summed E-state index contributed by atoms with van der Waals surface area (Å²) >= 11 is 0. The van der Waals surface area contributed by atoms with E-state index < -0.39 is 0 Å². The molecular formula is C27H23FN2O3. The molecule has 1 aromatic heterocycles. The number of carbonyl (C=O) groups is 1. The minimum atomic E-state index is -0.259. The van der Waals surface area contributed by atoms with E-state index in [1.807, 2.05) is 64.2 Å². The van der Waals surface area contributed by atoms with Gasteiger partial charge < -0.3 is 18.9 Å². The molecule has 166 valence electrons. The fourth-order valence-electron chi connectivity index (χ4n) is 3.99. The Balaban J connectivity index is 1.42. The van der Waals surface area contributed by atoms with Crippen molar-refractivity contribution < 1.29 is 18.7 Å². The molecule has 1 amide bonds. The second-order valence-corrected chi connectivity index (χ2v) is 7.97. The number of hydrogen-bond acceptors (Lipinski definition) is 3. The first kappa shape index (κ1) is 20.8. The molecular weight excluding hydrogens is 419 g/mol. The van der Waals surface area contributed by atoms with Crippen LogP contribution in [0.1, 0.15) is 27.2 Å². The molecule has 5 rings (SSSR count). The maximum atomic E-state index is 13.7. The Bertz CT molecular complexity index is 1270. The number of hydrogen-bond donors (Lipinski definition) is 0. The van der Waals surface area contributed by atoms with Gasteiger partial charge in [0.25, 0.3) is 5.91 Å². The van der Waals surface area contributed by atoms with E-state index in [-0.39, 0.29) is 18.5 Å². The van der Waals surface area contributed by atoms with Gasteiger partial charge in [-0.3, -0.25) is 4.79 Å². The van der Waals surface area contributed by atoms with Gasteiger partial charge in [-0.15, -0.1) is 0 Å². The molecule has 5 nitrogen and oxygen atoms in total. The summed E-state index contributed by atoms with van der Waals surface area (Å²) in [6.07, 6.45) is 1.95. The van der Waals surface area contributed by atoms with Gasteiger partial charge in [-0.2, -0.15) is 0 Å². The topological polar surface area (TPSA) is 43.7 Å². The fraction of sp³-hybridized carbons (Fsp3) is 0.148. The molecule has 6 heteroatoms. The van der Waals surface area contributed by atoms with Crippen molar-refractivity contribution in [3.05, 3.63) is 119 Å². The van der Waals surface area contributed by atoms with Crippen LogP contribution in [0.4, 0.5) is 4.39 Å². The maximum absolute atomic E-state index is 13.7. The molecule has 0 saturated carbocycles. The molecule has 0 aliphatic carbocycles. The number of halogens is 1. The molecule has 0 fully saturated rings. The maximum Gasteiger partial charge on any atom is 0.254 e. The van der Waals surface area contributed by atoms with Gasteiger partial charge in [0.15, 0.2) is 11.5 Å². The minimum absolute atomic E-state index is 0.101. The number of carbonyl (C=O) groups excluding carboxylic acids is 1. The zero-order valence-corrected chi connectivity index (χ0v) is 18.0. The van der Waals surface area contributed by atoms with Crippen LogP contribution in [-0.4, -0.2) is 22.2 Å². The molecule has 0 unspecified atom stereocenters. The second-order valence-electron chi connectivity index (χ2n) is 7.97. The Morgan fingerprint density at radius 1 is 0.848 bits per heavy atom. The lowest BCUT2D eigenvalue weighted by Crippen LogP contribution is -2.31. The summed E-state index contributed by atoms with van der Waals surface area (Å²) in [6.45, 7) is 1.55. The van der Waals surface area contributed by atoms with Gasteiger partial charge in [0, 0.05) is 30.5 Å². The van der Waals surface area contributed by atoms with Gasteiger partial charge in [0.05, 0.1) is 6.54 Å². The monoisotopic (exact) mass is 442 g/mol. The van der Waals surface area contributed by atoms with Crippen LogP contribution in [0.3, 0.4) is 0 Å². The van der Waals surface area contributed by atoms with Gasteiger partial charge >= 0.3 is 0 Å². The number of amides is 1. The second kappa shape index (κ2) is 9.20. The lowest BCUT2D eigenvalue weighted by atomic mass is 10.1. The first-order valence-electron chi connectivity index (χ1n) is 10.8. The van der Waals surface area contributed by atoms with Crippen LogP contribution in [0, 0.1) is 5.82 Å². The zero-order chi connectivity index (χ0) is 22.6. The van der Waals surface area contributed by atoms with Crippen molar-refractivity contribution in [2.24, 2.45) is 0 Å². The van der Waals surface area contributed by atoms with Gasteiger partial charge in [-0.25, -0.2) is 4.39 Å². The van der Waals surface area contributed by atoms with Gasteiger partial charge in [-0.05, 0) is 53.6 Å². The third-order valence-electron chi connectivity index (χ3n) is 5.64. The van der Waals surface area contributed by atoms with E-state index in [2.05, 4.69) is 0 Å². The number of rotatable bonds is 7. The van der Waals surface area contributed by atoms with Crippen LogP contribution in [0.15, 0.2) is 91.1 Å². The van der Waals surface area contributed by atoms with Crippen molar-refractivity contribution in [3.8, 4) is 11.5 Å². The van der Waals surface area contributed by atoms with Crippen molar-refractivity contribution in [1.29, 1.82) is 0 Å². The summed E-state index contributed by atoms with van der Waals surface area (Å²) in [5, 5.41) is 0. The van der Waals surface area contributed by atoms with Crippen LogP contribution < -0.4 is 9.47 Å². The molecule has 0 spiro atoms. The van der Waals surface area contributed by atoms with Crippen molar-refractivity contribution >= 4 is 5.91 Å². The SMILES string of the molecule is O=C(c1ccc2c(c1)OCO2)N(Cc1ccccc1)Cc1cccn1Cc1cccc(F)c1. The largest absolute Gasteiger partial charge is 0.454 e. The van der Waals surface area contributed by atoms with E-state index in [0.717, 1.165) is 16.8 Å². The summed E-state index contributed by atoms with van der Waals surface area (Å²) in [4.78, 5) is 15.4. The average molecular weight is 442 g/mol. The van der Waals surface area contributed by atoms with Gasteiger partial charge in [0.1, 0.15) is 5.82 Å². The Hall–Kier alpha value is -4.06. The highest BCUT2D eigenvalue weighted by Crippen LogP contribution is 2.33. The third-order valence-corrected chi connectivity index (χ3v) is 5.64. The Labute approximate surface area is 191 Å². The molecule has 0 radical (unpaired) electrons. The Morgan fingerprint density at radius 2 is 1.67 bits per heavy atom. The summed E-state index contributed by atoms with van der Waals surface area (Å²) < 4.78 is 26.5. The summed E-state index contributed by atoms with van der Waals surface area (Å²) in [5.41, 5.74) is 3.40. The molecule has 0 atom stereocenters. The first-order valence-corrected chi connectivity index (χ1v) is 10.8. The van der Waals surface area contributed by atoms with E-state index in [0.29, 0.717) is 36.7 Å². The first-order chi connectivity index (χ1) is 16.2. The van der Waals surface area contributed by atoms with Crippen LogP contribution >= 0.6 is 0 Å². The predicted molar refractivity (Wildman–Crippen MR) is 123 cm³/mol. The van der Waals surface area contributed by atoms with Crippen LogP contribution in [0.25, 0.3) is 0 Å². The molecule has 0 N–H and O–H groups in total. The lowest BCUT2D eigenvalue weighted by molar-refractivity contribution is 0.0726. The quantitative estimate of drug-likeness (QED) is 0.393. The highest BCUT2D eigenvalue weighted by atomic mass is 19.1. The Kier molecular flexibility index (Phi) is 5.81. The van der Waals surface area contributed by atoms with Gasteiger partial charge in [0.2, 0.25) is 6.79 Å². The lowest BCUT2D eigenvalue weighted by Gasteiger charge is -2.24. The van der Waals surface area contributed by atoms with Crippen LogP contribution in [0.2, 0.25) is 0 Å². The number of fused-ring (bicyclic) bond motifs is 1. The van der Waals surface area contributed by atoms with Crippen LogP contribution in [0.5, 0.6) is 11.5 Å². The van der Waals surface area contributed by atoms with E-state index >= 15 is 0 Å². The zero-order valence-electron chi connectivity index (χ0n) is 18.0.